The molecule has 1 N–H and O–H groups in total. The molecular weight excluding hydrogens is 515 g/mol. The first-order chi connectivity index (χ1) is 15.4. The van der Waals surface area contributed by atoms with Crippen molar-refractivity contribution in [3.8, 4) is 11.5 Å². The molecule has 0 aliphatic heterocycles. The van der Waals surface area contributed by atoms with E-state index in [9.17, 15) is 4.79 Å². The number of nitrogens with zero attached hydrogens (tertiary/aromatic N) is 1. The molecule has 0 unspecified atom stereocenters. The molecule has 0 radical (unpaired) electrons. The third-order valence-electron chi connectivity index (χ3n) is 4.36. The highest BCUT2D eigenvalue weighted by atomic mass is 79.9. The molecule has 0 fully saturated rings. The zero-order valence-corrected chi connectivity index (χ0v) is 20.6. The topological polar surface area (TPSA) is 59.9 Å². The SMILES string of the molecule is CCOc1cc(/C=N\NC(=O)c2ccc(Cl)c(Cl)c2)cc(Br)c1OCc1cccc(C)c1. The van der Waals surface area contributed by atoms with Gasteiger partial charge in [-0.3, -0.25) is 4.79 Å². The summed E-state index contributed by atoms with van der Waals surface area (Å²) in [6.45, 7) is 4.82. The second-order valence-corrected chi connectivity index (χ2v) is 8.54. The van der Waals surface area contributed by atoms with Gasteiger partial charge in [-0.25, -0.2) is 5.43 Å². The van der Waals surface area contributed by atoms with E-state index in [0.29, 0.717) is 44.8 Å². The van der Waals surface area contributed by atoms with Crippen LogP contribution in [0.5, 0.6) is 11.5 Å². The van der Waals surface area contributed by atoms with Gasteiger partial charge in [-0.2, -0.15) is 5.10 Å². The average molecular weight is 536 g/mol. The molecule has 0 aliphatic carbocycles. The second kappa shape index (κ2) is 11.4. The fourth-order valence-corrected chi connectivity index (χ4v) is 3.76. The highest BCUT2D eigenvalue weighted by Crippen LogP contribution is 2.37. The molecule has 3 aromatic rings. The smallest absolute Gasteiger partial charge is 0.271 e. The predicted octanol–water partition coefficient (Wildman–Crippen LogP) is 6.81. The minimum absolute atomic E-state index is 0.301. The lowest BCUT2D eigenvalue weighted by Gasteiger charge is -2.15. The maximum absolute atomic E-state index is 12.3. The molecule has 5 nitrogen and oxygen atoms in total. The normalized spacial score (nSPS) is 10.9. The van der Waals surface area contributed by atoms with Crippen LogP contribution in [0.2, 0.25) is 10.0 Å². The maximum atomic E-state index is 12.3. The molecular formula is C24H21BrCl2N2O3. The van der Waals surface area contributed by atoms with Crippen molar-refractivity contribution in [1.29, 1.82) is 0 Å². The summed E-state index contributed by atoms with van der Waals surface area (Å²) in [7, 11) is 0. The van der Waals surface area contributed by atoms with Gasteiger partial charge in [0.25, 0.3) is 5.91 Å². The molecule has 0 aromatic heterocycles. The van der Waals surface area contributed by atoms with Crippen molar-refractivity contribution < 1.29 is 14.3 Å². The van der Waals surface area contributed by atoms with Crippen LogP contribution in [0.25, 0.3) is 0 Å². The zero-order valence-electron chi connectivity index (χ0n) is 17.5. The van der Waals surface area contributed by atoms with E-state index >= 15 is 0 Å². The van der Waals surface area contributed by atoms with Crippen LogP contribution in [-0.2, 0) is 6.61 Å². The van der Waals surface area contributed by atoms with Crippen LogP contribution < -0.4 is 14.9 Å². The van der Waals surface area contributed by atoms with Gasteiger partial charge in [0.05, 0.1) is 27.3 Å². The first kappa shape index (κ1) is 24.1. The summed E-state index contributed by atoms with van der Waals surface area (Å²) in [5, 5.41) is 4.71. The number of benzene rings is 3. The molecule has 0 saturated heterocycles. The molecule has 166 valence electrons. The number of hydrogen-bond donors (Lipinski definition) is 1. The van der Waals surface area contributed by atoms with Gasteiger partial charge < -0.3 is 9.47 Å². The number of hydrogen-bond acceptors (Lipinski definition) is 4. The van der Waals surface area contributed by atoms with E-state index in [-0.39, 0.29) is 0 Å². The van der Waals surface area contributed by atoms with Crippen LogP contribution in [0.15, 0.2) is 64.2 Å². The molecule has 0 spiro atoms. The minimum Gasteiger partial charge on any atom is -0.490 e. The van der Waals surface area contributed by atoms with Crippen molar-refractivity contribution >= 4 is 51.3 Å². The van der Waals surface area contributed by atoms with Crippen LogP contribution in [-0.4, -0.2) is 18.7 Å². The van der Waals surface area contributed by atoms with Crippen molar-refractivity contribution in [2.75, 3.05) is 6.61 Å². The molecule has 1 amide bonds. The maximum Gasteiger partial charge on any atom is 0.271 e. The Kier molecular flexibility index (Phi) is 8.56. The highest BCUT2D eigenvalue weighted by molar-refractivity contribution is 9.10. The second-order valence-electron chi connectivity index (χ2n) is 6.87. The lowest BCUT2D eigenvalue weighted by Crippen LogP contribution is -2.17. The number of amides is 1. The summed E-state index contributed by atoms with van der Waals surface area (Å²) in [6.07, 6.45) is 1.52. The average Bonchev–Trinajstić information content (AvgIpc) is 2.75. The lowest BCUT2D eigenvalue weighted by molar-refractivity contribution is 0.0955. The quantitative estimate of drug-likeness (QED) is 0.254. The van der Waals surface area contributed by atoms with Crippen LogP contribution in [0.4, 0.5) is 0 Å². The van der Waals surface area contributed by atoms with E-state index in [1.54, 1.807) is 18.2 Å². The van der Waals surface area contributed by atoms with E-state index in [2.05, 4.69) is 32.5 Å². The molecule has 0 atom stereocenters. The number of hydrazone groups is 1. The van der Waals surface area contributed by atoms with E-state index in [1.165, 1.54) is 17.8 Å². The van der Waals surface area contributed by atoms with Gasteiger partial charge in [0.15, 0.2) is 11.5 Å². The summed E-state index contributed by atoms with van der Waals surface area (Å²) in [5.74, 6) is 0.777. The molecule has 0 bridgehead atoms. The van der Waals surface area contributed by atoms with Crippen molar-refractivity contribution in [2.24, 2.45) is 5.10 Å². The van der Waals surface area contributed by atoms with Crippen LogP contribution in [0, 0.1) is 6.92 Å². The Bertz CT molecular complexity index is 1150. The fraction of sp³-hybridized carbons (Fsp3) is 0.167. The van der Waals surface area contributed by atoms with Crippen LogP contribution in [0.1, 0.15) is 34.0 Å². The number of aryl methyl sites for hydroxylation is 1. The van der Waals surface area contributed by atoms with Gasteiger partial charge in [-0.1, -0.05) is 53.0 Å². The van der Waals surface area contributed by atoms with Crippen molar-refractivity contribution in [1.82, 2.24) is 5.43 Å². The Labute approximate surface area is 205 Å². The predicted molar refractivity (Wildman–Crippen MR) is 132 cm³/mol. The molecule has 32 heavy (non-hydrogen) atoms. The standard InChI is InChI=1S/C24H21BrCl2N2O3/c1-3-31-22-11-17(13-28-29-24(30)18-7-8-20(26)21(27)12-18)10-19(25)23(22)32-14-16-6-4-5-15(2)9-16/h4-13H,3,14H2,1-2H3,(H,29,30)/b28-13-. The number of halogens is 3. The highest BCUT2D eigenvalue weighted by Gasteiger charge is 2.13. The molecule has 8 heteroatoms. The third kappa shape index (κ3) is 6.48. The molecule has 0 saturated carbocycles. The van der Waals surface area contributed by atoms with Gasteiger partial charge in [0, 0.05) is 5.56 Å². The monoisotopic (exact) mass is 534 g/mol. The summed E-state index contributed by atoms with van der Waals surface area (Å²) in [4.78, 5) is 12.3. The van der Waals surface area contributed by atoms with Gasteiger partial charge >= 0.3 is 0 Å². The number of nitrogens with one attached hydrogen (secondary N) is 1. The first-order valence-corrected chi connectivity index (χ1v) is 11.4. The van der Waals surface area contributed by atoms with Crippen LogP contribution >= 0.6 is 39.1 Å². The molecule has 0 aliphatic rings. The van der Waals surface area contributed by atoms with E-state index in [0.717, 1.165) is 11.1 Å². The number of ether oxygens (including phenoxy) is 2. The van der Waals surface area contributed by atoms with Crippen molar-refractivity contribution in [3.05, 3.63) is 91.4 Å². The Balaban J connectivity index is 1.72. The molecule has 3 rings (SSSR count). The minimum atomic E-state index is -0.401. The van der Waals surface area contributed by atoms with Crippen LogP contribution in [0.3, 0.4) is 0 Å². The lowest BCUT2D eigenvalue weighted by atomic mass is 10.1. The number of carbonyl (C=O) groups is 1. The van der Waals surface area contributed by atoms with Crippen molar-refractivity contribution in [3.63, 3.8) is 0 Å². The fourth-order valence-electron chi connectivity index (χ4n) is 2.89. The van der Waals surface area contributed by atoms with E-state index in [1.807, 2.05) is 38.1 Å². The Morgan fingerprint density at radius 1 is 1.09 bits per heavy atom. The van der Waals surface area contributed by atoms with Gasteiger partial charge in [-0.15, -0.1) is 0 Å². The molecule has 0 heterocycles. The Hall–Kier alpha value is -2.54. The number of carbonyl (C=O) groups excluding carboxylic acids is 1. The summed E-state index contributed by atoms with van der Waals surface area (Å²) in [6, 6.07) is 16.4. The summed E-state index contributed by atoms with van der Waals surface area (Å²) < 4.78 is 12.5. The molecule has 3 aromatic carbocycles. The van der Waals surface area contributed by atoms with Crippen molar-refractivity contribution in [2.45, 2.75) is 20.5 Å². The Morgan fingerprint density at radius 2 is 1.91 bits per heavy atom. The Morgan fingerprint density at radius 3 is 2.62 bits per heavy atom. The van der Waals surface area contributed by atoms with E-state index in [4.69, 9.17) is 32.7 Å². The summed E-state index contributed by atoms with van der Waals surface area (Å²) >= 11 is 15.4. The zero-order chi connectivity index (χ0) is 23.1. The largest absolute Gasteiger partial charge is 0.490 e. The van der Waals surface area contributed by atoms with Gasteiger partial charge in [0.1, 0.15) is 6.61 Å². The first-order valence-electron chi connectivity index (χ1n) is 9.80. The van der Waals surface area contributed by atoms with Gasteiger partial charge in [0.2, 0.25) is 0 Å². The van der Waals surface area contributed by atoms with Gasteiger partial charge in [-0.05, 0) is 71.2 Å². The summed E-state index contributed by atoms with van der Waals surface area (Å²) in [5.41, 5.74) is 5.78. The number of rotatable bonds is 8. The third-order valence-corrected chi connectivity index (χ3v) is 5.69. The van der Waals surface area contributed by atoms with E-state index < -0.39 is 5.91 Å².